The van der Waals surface area contributed by atoms with Crippen molar-refractivity contribution in [1.82, 2.24) is 15.1 Å². The van der Waals surface area contributed by atoms with E-state index in [0.29, 0.717) is 26.3 Å². The van der Waals surface area contributed by atoms with Crippen LogP contribution in [-0.4, -0.2) is 112 Å². The minimum Gasteiger partial charge on any atom is -0.508 e. The summed E-state index contributed by atoms with van der Waals surface area (Å²) in [4.78, 5) is 40.2. The van der Waals surface area contributed by atoms with Crippen LogP contribution >= 0.6 is 0 Å². The number of anilines is 1. The van der Waals surface area contributed by atoms with E-state index in [9.17, 15) is 39.9 Å². The number of nitrogens with zero attached hydrogens (tertiary/aromatic N) is 2. The van der Waals surface area contributed by atoms with Crippen LogP contribution in [0.2, 0.25) is 0 Å². The van der Waals surface area contributed by atoms with Crippen molar-refractivity contribution in [3.05, 3.63) is 46.3 Å². The number of phenolic OH excluding ortho intramolecular Hbond substituents is 2. The van der Waals surface area contributed by atoms with Gasteiger partial charge in [0.05, 0.1) is 13.2 Å². The predicted molar refractivity (Wildman–Crippen MR) is 140 cm³/mol. The molecule has 0 bridgehead atoms. The van der Waals surface area contributed by atoms with Crippen molar-refractivity contribution in [3.8, 4) is 11.5 Å². The minimum absolute atomic E-state index is 0.0201. The van der Waals surface area contributed by atoms with Crippen LogP contribution in [0, 0.1) is 5.82 Å². The van der Waals surface area contributed by atoms with E-state index < -0.39 is 64.4 Å². The van der Waals surface area contributed by atoms with Gasteiger partial charge in [-0.15, -0.1) is 0 Å². The molecule has 212 valence electrons. The van der Waals surface area contributed by atoms with Crippen molar-refractivity contribution in [2.75, 3.05) is 31.6 Å². The highest BCUT2D eigenvalue weighted by Gasteiger charge is 2.64. The van der Waals surface area contributed by atoms with E-state index in [4.69, 9.17) is 20.4 Å². The number of amides is 3. The van der Waals surface area contributed by atoms with Gasteiger partial charge in [0.15, 0.2) is 11.5 Å². The molecule has 4 radical (unpaired) electrons. The zero-order valence-electron chi connectivity index (χ0n) is 21.6. The van der Waals surface area contributed by atoms with Crippen LogP contribution in [0.25, 0.3) is 0 Å². The lowest BCUT2D eigenvalue weighted by Gasteiger charge is -2.46. The predicted octanol–water partition coefficient (Wildman–Crippen LogP) is -3.01. The summed E-state index contributed by atoms with van der Waals surface area (Å²) in [6, 6.07) is 2.24. The fraction of sp³-hybridized carbons (Fsp3) is 0.400. The molecule has 2 saturated heterocycles. The molecule has 2 unspecified atom stereocenters. The van der Waals surface area contributed by atoms with Crippen LogP contribution in [0.4, 0.5) is 10.1 Å². The second kappa shape index (κ2) is 10.3. The monoisotopic (exact) mass is 566 g/mol. The zero-order chi connectivity index (χ0) is 29.9. The van der Waals surface area contributed by atoms with Gasteiger partial charge in [0.1, 0.15) is 33.0 Å². The summed E-state index contributed by atoms with van der Waals surface area (Å²) in [5.74, 6) is -9.32. The molecule has 0 spiro atoms. The first-order valence-corrected chi connectivity index (χ1v) is 12.6. The number of nitrogens with one attached hydrogen (secondary N) is 2. The van der Waals surface area contributed by atoms with Gasteiger partial charge in [0.2, 0.25) is 5.79 Å². The van der Waals surface area contributed by atoms with Crippen LogP contribution in [0.1, 0.15) is 27.0 Å². The molecule has 3 aliphatic rings. The first-order chi connectivity index (χ1) is 19.3. The van der Waals surface area contributed by atoms with Gasteiger partial charge in [-0.05, 0) is 17.6 Å². The number of hydrogen-bond acceptors (Lipinski definition) is 11. The Balaban J connectivity index is 1.42. The molecule has 41 heavy (non-hydrogen) atoms. The maximum Gasteiger partial charge on any atom is 0.255 e. The summed E-state index contributed by atoms with van der Waals surface area (Å²) in [7, 11) is 11.3. The van der Waals surface area contributed by atoms with Gasteiger partial charge in [-0.1, -0.05) is 6.07 Å². The molecule has 2 aromatic rings. The molecule has 3 aliphatic heterocycles. The average molecular weight is 566 g/mol. The molecule has 16 heteroatoms. The number of carbonyl (C=O) groups is 3. The van der Waals surface area contributed by atoms with Gasteiger partial charge in [-0.2, -0.15) is 0 Å². The number of imide groups is 1. The number of rotatable bonds is 6. The van der Waals surface area contributed by atoms with Gasteiger partial charge in [0, 0.05) is 60.7 Å². The number of aromatic hydroxyl groups is 2. The average Bonchev–Trinajstić information content (AvgIpc) is 3.26. The topological polar surface area (TPSA) is 192 Å². The Labute approximate surface area is 235 Å². The van der Waals surface area contributed by atoms with E-state index in [0.717, 1.165) is 4.90 Å². The lowest BCUT2D eigenvalue weighted by molar-refractivity contribution is -0.267. The number of aliphatic hydroxyl groups is 3. The number of morpholine rings is 1. The fourth-order valence-electron chi connectivity index (χ4n) is 5.22. The Kier molecular flexibility index (Phi) is 7.24. The van der Waals surface area contributed by atoms with E-state index in [1.54, 1.807) is 5.32 Å². The maximum atomic E-state index is 15.6. The van der Waals surface area contributed by atoms with Crippen LogP contribution in [0.15, 0.2) is 18.2 Å². The molecule has 0 saturated carbocycles. The van der Waals surface area contributed by atoms with Crippen LogP contribution in [-0.2, 0) is 34.0 Å². The molecule has 7 N–H and O–H groups in total. The molecule has 0 aliphatic carbocycles. The Bertz CT molecular complexity index is 1450. The second-order valence-corrected chi connectivity index (χ2v) is 10.1. The lowest BCUT2D eigenvalue weighted by Crippen LogP contribution is -2.79. The summed E-state index contributed by atoms with van der Waals surface area (Å²) < 4.78 is 20.9. The number of fused-ring (bicyclic) bond motifs is 1. The number of halogens is 1. The van der Waals surface area contributed by atoms with E-state index in [1.807, 2.05) is 4.90 Å². The largest absolute Gasteiger partial charge is 0.508 e. The Morgan fingerprint density at radius 3 is 2.44 bits per heavy atom. The summed E-state index contributed by atoms with van der Waals surface area (Å²) >= 11 is 0. The van der Waals surface area contributed by atoms with Crippen molar-refractivity contribution >= 4 is 44.6 Å². The van der Waals surface area contributed by atoms with Crippen molar-refractivity contribution < 1.29 is 49.0 Å². The first-order valence-electron chi connectivity index (χ1n) is 12.6. The van der Waals surface area contributed by atoms with Crippen LogP contribution in [0.5, 0.6) is 11.5 Å². The number of carbonyl (C=O) groups excluding carboxylic acids is 3. The number of benzene rings is 2. The molecule has 3 amide bonds. The molecule has 0 aromatic heterocycles. The summed E-state index contributed by atoms with van der Waals surface area (Å²) in [5.41, 5.74) is -3.50. The minimum atomic E-state index is -3.53. The summed E-state index contributed by atoms with van der Waals surface area (Å²) in [6.07, 6.45) is 0. The molecular weight excluding hydrogens is 541 g/mol. The van der Waals surface area contributed by atoms with Crippen molar-refractivity contribution in [1.29, 1.82) is 0 Å². The third-order valence-corrected chi connectivity index (χ3v) is 7.63. The van der Waals surface area contributed by atoms with Crippen molar-refractivity contribution in [2.24, 2.45) is 0 Å². The first kappa shape index (κ1) is 28.8. The summed E-state index contributed by atoms with van der Waals surface area (Å²) in [5, 5.41) is 56.8. The normalized spacial score (nSPS) is 24.3. The second-order valence-electron chi connectivity index (χ2n) is 10.1. The van der Waals surface area contributed by atoms with Gasteiger partial charge < -0.3 is 40.5 Å². The number of piperidine rings is 1. The van der Waals surface area contributed by atoms with Crippen LogP contribution in [0.3, 0.4) is 0 Å². The van der Waals surface area contributed by atoms with E-state index in [-0.39, 0.29) is 41.0 Å². The third-order valence-electron chi connectivity index (χ3n) is 7.63. The molecule has 2 atom stereocenters. The lowest BCUT2D eigenvalue weighted by atomic mass is 9.68. The highest BCUT2D eigenvalue weighted by Crippen LogP contribution is 2.37. The van der Waals surface area contributed by atoms with Crippen LogP contribution < -0.4 is 16.1 Å². The van der Waals surface area contributed by atoms with E-state index >= 15 is 4.39 Å². The molecule has 2 aromatic carbocycles. The maximum absolute atomic E-state index is 15.6. The smallest absolute Gasteiger partial charge is 0.255 e. The van der Waals surface area contributed by atoms with Gasteiger partial charge in [-0.25, -0.2) is 4.39 Å². The Morgan fingerprint density at radius 1 is 1.10 bits per heavy atom. The molecule has 13 nitrogen and oxygen atoms in total. The van der Waals surface area contributed by atoms with E-state index in [2.05, 4.69) is 5.32 Å². The standard InChI is InChI=1S/C25H25B2FN4O9/c26-16-18(33)12(17(28)14(19(16)34)9-31-4-6-41-7-5-31)8-29-15-3-1-2-11-13(15)10-32(22(11)36)20-21(35)30-23(37)24(27,38)25(20,39)40/h1-3,20,29,33-34,38-40H,4-10H2,(H,30,35,37). The molecule has 5 rings (SSSR count). The Morgan fingerprint density at radius 2 is 1.76 bits per heavy atom. The Hall–Kier alpha value is -3.69. The quantitative estimate of drug-likeness (QED) is 0.107. The van der Waals surface area contributed by atoms with Gasteiger partial charge in [-0.3, -0.25) is 24.6 Å². The fourth-order valence-corrected chi connectivity index (χ4v) is 5.22. The number of hydrogen-bond donors (Lipinski definition) is 7. The summed E-state index contributed by atoms with van der Waals surface area (Å²) in [6.45, 7) is 1.18. The van der Waals surface area contributed by atoms with E-state index in [1.165, 1.54) is 18.2 Å². The molecular formula is C25H25B2FN4O9. The van der Waals surface area contributed by atoms with Gasteiger partial charge >= 0.3 is 0 Å². The third kappa shape index (κ3) is 4.61. The molecule has 3 heterocycles. The highest BCUT2D eigenvalue weighted by atomic mass is 19.1. The number of ether oxygens (including phenoxy) is 1. The van der Waals surface area contributed by atoms with Crippen molar-refractivity contribution in [3.63, 3.8) is 0 Å². The SMILES string of the molecule is [B]c1c(O)c(CNc2cccc3c2CN(C2C(=O)NC(=O)C([B])(O)C2(O)O)C3=O)c(F)c(CN2CCOCC2)c1O. The van der Waals surface area contributed by atoms with Gasteiger partial charge in [0.25, 0.3) is 17.7 Å². The number of phenols is 2. The zero-order valence-corrected chi connectivity index (χ0v) is 21.6. The highest BCUT2D eigenvalue weighted by molar-refractivity contribution is 6.36. The van der Waals surface area contributed by atoms with Crippen molar-refractivity contribution in [2.45, 2.75) is 37.0 Å². The molecule has 2 fully saturated rings.